The van der Waals surface area contributed by atoms with Gasteiger partial charge in [-0.05, 0) is 45.9 Å². The van der Waals surface area contributed by atoms with Gasteiger partial charge in [-0.25, -0.2) is 0 Å². The predicted octanol–water partition coefficient (Wildman–Crippen LogP) is 1.39. The minimum Gasteiger partial charge on any atom is -0.326 e. The van der Waals surface area contributed by atoms with Crippen molar-refractivity contribution in [2.45, 2.75) is 45.2 Å². The van der Waals surface area contributed by atoms with Crippen molar-refractivity contribution in [2.75, 3.05) is 33.7 Å². The maximum absolute atomic E-state index is 6.21. The van der Waals surface area contributed by atoms with E-state index in [0.29, 0.717) is 12.0 Å². The monoisotopic (exact) mass is 227 g/mol. The molecule has 0 spiro atoms. The van der Waals surface area contributed by atoms with Crippen LogP contribution in [-0.4, -0.2) is 55.6 Å². The first-order valence-electron chi connectivity index (χ1n) is 6.69. The Labute approximate surface area is 101 Å². The lowest BCUT2D eigenvalue weighted by Gasteiger charge is -2.37. The molecule has 0 amide bonds. The standard InChI is InChI=1S/C13H29N3/c1-5-11(2)13(14)10-16(4)12-6-8-15(3)9-7-12/h11-13H,5-10,14H2,1-4H3/t11-,13-/m1/s1. The Hall–Kier alpha value is -0.120. The molecule has 0 radical (unpaired) electrons. The molecule has 3 heteroatoms. The molecule has 16 heavy (non-hydrogen) atoms. The first-order valence-corrected chi connectivity index (χ1v) is 6.69. The SMILES string of the molecule is CC[C@@H](C)[C@H](N)CN(C)C1CCN(C)CC1. The molecule has 3 nitrogen and oxygen atoms in total. The van der Waals surface area contributed by atoms with E-state index in [4.69, 9.17) is 5.73 Å². The van der Waals surface area contributed by atoms with Crippen molar-refractivity contribution in [3.63, 3.8) is 0 Å². The van der Waals surface area contributed by atoms with Gasteiger partial charge in [0.05, 0.1) is 0 Å². The van der Waals surface area contributed by atoms with Gasteiger partial charge in [-0.3, -0.25) is 0 Å². The minimum absolute atomic E-state index is 0.328. The highest BCUT2D eigenvalue weighted by Gasteiger charge is 2.22. The summed E-state index contributed by atoms with van der Waals surface area (Å²) in [5.41, 5.74) is 6.21. The molecular weight excluding hydrogens is 198 g/mol. The maximum Gasteiger partial charge on any atom is 0.0193 e. The van der Waals surface area contributed by atoms with E-state index in [1.54, 1.807) is 0 Å². The van der Waals surface area contributed by atoms with Gasteiger partial charge in [0.2, 0.25) is 0 Å². The Morgan fingerprint density at radius 1 is 1.38 bits per heavy atom. The highest BCUT2D eigenvalue weighted by molar-refractivity contribution is 4.80. The number of rotatable bonds is 5. The molecule has 0 aliphatic carbocycles. The van der Waals surface area contributed by atoms with Gasteiger partial charge in [-0.2, -0.15) is 0 Å². The number of hydrogen-bond acceptors (Lipinski definition) is 3. The molecule has 2 atom stereocenters. The topological polar surface area (TPSA) is 32.5 Å². The average molecular weight is 227 g/mol. The molecule has 96 valence electrons. The lowest BCUT2D eigenvalue weighted by Crippen LogP contribution is -2.47. The number of hydrogen-bond donors (Lipinski definition) is 1. The molecule has 1 fully saturated rings. The summed E-state index contributed by atoms with van der Waals surface area (Å²) in [5, 5.41) is 0. The number of likely N-dealkylation sites (N-methyl/N-ethyl adjacent to an activating group) is 1. The summed E-state index contributed by atoms with van der Waals surface area (Å²) < 4.78 is 0. The van der Waals surface area contributed by atoms with Crippen molar-refractivity contribution in [1.82, 2.24) is 9.80 Å². The van der Waals surface area contributed by atoms with E-state index in [-0.39, 0.29) is 0 Å². The highest BCUT2D eigenvalue weighted by Crippen LogP contribution is 2.15. The van der Waals surface area contributed by atoms with E-state index < -0.39 is 0 Å². The highest BCUT2D eigenvalue weighted by atomic mass is 15.2. The predicted molar refractivity (Wildman–Crippen MR) is 70.6 cm³/mol. The summed E-state index contributed by atoms with van der Waals surface area (Å²) in [4.78, 5) is 4.89. The third-order valence-electron chi connectivity index (χ3n) is 4.19. The molecule has 0 aromatic carbocycles. The third-order valence-corrected chi connectivity index (χ3v) is 4.19. The van der Waals surface area contributed by atoms with E-state index in [9.17, 15) is 0 Å². The van der Waals surface area contributed by atoms with Crippen LogP contribution in [0.3, 0.4) is 0 Å². The zero-order valence-electron chi connectivity index (χ0n) is 11.4. The van der Waals surface area contributed by atoms with Gasteiger partial charge in [0.15, 0.2) is 0 Å². The van der Waals surface area contributed by atoms with Crippen molar-refractivity contribution in [1.29, 1.82) is 0 Å². The van der Waals surface area contributed by atoms with Gasteiger partial charge in [0.25, 0.3) is 0 Å². The Morgan fingerprint density at radius 3 is 2.44 bits per heavy atom. The summed E-state index contributed by atoms with van der Waals surface area (Å²) in [6.45, 7) is 7.98. The summed E-state index contributed by atoms with van der Waals surface area (Å²) in [6.07, 6.45) is 3.77. The molecule has 0 unspecified atom stereocenters. The van der Waals surface area contributed by atoms with E-state index >= 15 is 0 Å². The normalized spacial score (nSPS) is 23.6. The fraction of sp³-hybridized carbons (Fsp3) is 1.00. The van der Waals surface area contributed by atoms with E-state index in [2.05, 4.69) is 37.7 Å². The van der Waals surface area contributed by atoms with Gasteiger partial charge in [0.1, 0.15) is 0 Å². The molecule has 0 aromatic heterocycles. The summed E-state index contributed by atoms with van der Waals surface area (Å²) in [5.74, 6) is 0.633. The molecule has 2 N–H and O–H groups in total. The van der Waals surface area contributed by atoms with Crippen molar-refractivity contribution >= 4 is 0 Å². The van der Waals surface area contributed by atoms with Gasteiger partial charge in [-0.1, -0.05) is 20.3 Å². The lowest BCUT2D eigenvalue weighted by atomic mass is 9.97. The maximum atomic E-state index is 6.21. The molecule has 1 aliphatic rings. The van der Waals surface area contributed by atoms with Crippen LogP contribution in [0.25, 0.3) is 0 Å². The molecule has 1 saturated heterocycles. The first-order chi connectivity index (χ1) is 7.54. The van der Waals surface area contributed by atoms with Gasteiger partial charge in [-0.15, -0.1) is 0 Å². The van der Waals surface area contributed by atoms with E-state index in [1.807, 2.05) is 0 Å². The molecule has 1 aliphatic heterocycles. The molecule has 0 saturated carbocycles. The Kier molecular flexibility index (Phi) is 5.73. The molecule has 0 aromatic rings. The number of piperidine rings is 1. The average Bonchev–Trinajstić information content (AvgIpc) is 2.28. The van der Waals surface area contributed by atoms with Crippen LogP contribution in [0.2, 0.25) is 0 Å². The van der Waals surface area contributed by atoms with E-state index in [1.165, 1.54) is 32.4 Å². The van der Waals surface area contributed by atoms with Crippen LogP contribution in [0.5, 0.6) is 0 Å². The number of nitrogens with zero attached hydrogens (tertiary/aromatic N) is 2. The summed E-state index contributed by atoms with van der Waals surface area (Å²) in [7, 11) is 4.44. The van der Waals surface area contributed by atoms with Crippen LogP contribution in [0, 0.1) is 5.92 Å². The molecule has 1 rings (SSSR count). The minimum atomic E-state index is 0.328. The van der Waals surface area contributed by atoms with E-state index in [0.717, 1.165) is 12.6 Å². The summed E-state index contributed by atoms with van der Waals surface area (Å²) >= 11 is 0. The van der Waals surface area contributed by atoms with Crippen LogP contribution in [-0.2, 0) is 0 Å². The van der Waals surface area contributed by atoms with Crippen molar-refractivity contribution in [3.8, 4) is 0 Å². The third kappa shape index (κ3) is 4.04. The summed E-state index contributed by atoms with van der Waals surface area (Å²) in [6, 6.07) is 1.07. The number of nitrogens with two attached hydrogens (primary N) is 1. The fourth-order valence-corrected chi connectivity index (χ4v) is 2.40. The Bertz CT molecular complexity index is 188. The van der Waals surface area contributed by atoms with Gasteiger partial charge < -0.3 is 15.5 Å². The Balaban J connectivity index is 2.31. The second-order valence-electron chi connectivity index (χ2n) is 5.52. The van der Waals surface area contributed by atoms with Gasteiger partial charge in [0, 0.05) is 18.6 Å². The van der Waals surface area contributed by atoms with Crippen LogP contribution in [0.1, 0.15) is 33.1 Å². The van der Waals surface area contributed by atoms with Crippen molar-refractivity contribution in [3.05, 3.63) is 0 Å². The second-order valence-corrected chi connectivity index (χ2v) is 5.52. The Morgan fingerprint density at radius 2 is 1.94 bits per heavy atom. The van der Waals surface area contributed by atoms with Crippen LogP contribution < -0.4 is 5.73 Å². The first kappa shape index (κ1) is 13.9. The zero-order chi connectivity index (χ0) is 12.1. The largest absolute Gasteiger partial charge is 0.326 e. The molecular formula is C13H29N3. The molecule has 0 bridgehead atoms. The number of likely N-dealkylation sites (tertiary alicyclic amines) is 1. The van der Waals surface area contributed by atoms with Crippen molar-refractivity contribution < 1.29 is 0 Å². The van der Waals surface area contributed by atoms with Gasteiger partial charge >= 0.3 is 0 Å². The smallest absolute Gasteiger partial charge is 0.0193 e. The zero-order valence-corrected chi connectivity index (χ0v) is 11.4. The quantitative estimate of drug-likeness (QED) is 0.770. The fourth-order valence-electron chi connectivity index (χ4n) is 2.40. The lowest BCUT2D eigenvalue weighted by molar-refractivity contribution is 0.132. The van der Waals surface area contributed by atoms with Crippen LogP contribution >= 0.6 is 0 Å². The van der Waals surface area contributed by atoms with Crippen molar-refractivity contribution in [2.24, 2.45) is 11.7 Å². The molecule has 1 heterocycles. The van der Waals surface area contributed by atoms with Crippen LogP contribution in [0.4, 0.5) is 0 Å². The van der Waals surface area contributed by atoms with Crippen LogP contribution in [0.15, 0.2) is 0 Å². The second kappa shape index (κ2) is 6.58.